The molecule has 0 spiro atoms. The molecule has 5 aromatic rings. The van der Waals surface area contributed by atoms with Gasteiger partial charge in [0, 0.05) is 26.2 Å². The van der Waals surface area contributed by atoms with E-state index < -0.39 is 33.3 Å². The van der Waals surface area contributed by atoms with Gasteiger partial charge in [-0.2, -0.15) is 5.10 Å². The monoisotopic (exact) mass is 672 g/mol. The average Bonchev–Trinajstić information content (AvgIpc) is 3.27. The number of hydrogen-bond acceptors (Lipinski definition) is 9. The first-order valence-corrected chi connectivity index (χ1v) is 16.6. The van der Waals surface area contributed by atoms with Crippen molar-refractivity contribution in [2.45, 2.75) is 38.5 Å². The zero-order valence-electron chi connectivity index (χ0n) is 25.3. The van der Waals surface area contributed by atoms with Gasteiger partial charge in [0.25, 0.3) is 5.56 Å². The summed E-state index contributed by atoms with van der Waals surface area (Å²) in [5, 5.41) is 4.93. The van der Waals surface area contributed by atoms with E-state index in [1.54, 1.807) is 25.2 Å². The average molecular weight is 673 g/mol. The van der Waals surface area contributed by atoms with E-state index in [0.717, 1.165) is 24.5 Å². The molecule has 16 heteroatoms. The summed E-state index contributed by atoms with van der Waals surface area (Å²) in [7, 11) is -2.17. The van der Waals surface area contributed by atoms with Gasteiger partial charge in [-0.05, 0) is 62.2 Å². The Balaban J connectivity index is 1.59. The summed E-state index contributed by atoms with van der Waals surface area (Å²) in [4.78, 5) is 25.9. The van der Waals surface area contributed by atoms with Gasteiger partial charge in [-0.1, -0.05) is 11.6 Å². The molecule has 1 aliphatic heterocycles. The van der Waals surface area contributed by atoms with Crippen molar-refractivity contribution >= 4 is 55.2 Å². The number of hydrogen-bond donors (Lipinski definition) is 2. The van der Waals surface area contributed by atoms with Crippen LogP contribution in [0.4, 0.5) is 20.4 Å². The standard InChI is InChI=1S/C30H31ClF2N8O4S/c1-15-13-40(14-16(2)45-15)24-8-5-20-27(35-24)36-29(22(34)11-17-9-18(32)12-19(33)10-17)41(30(20)42)23-7-6-21(31)25-26(23)39(3)37-28(25)38-46(4,43)44/h5-10,12,15-16,22H,11,13-14,34H2,1-4H3,(H,37,38)/t15-,16+,22-/m0/s1. The van der Waals surface area contributed by atoms with Crippen molar-refractivity contribution < 1.29 is 21.9 Å². The quantitative estimate of drug-likeness (QED) is 0.263. The van der Waals surface area contributed by atoms with E-state index in [1.807, 2.05) is 13.8 Å². The van der Waals surface area contributed by atoms with E-state index in [-0.39, 0.29) is 63.0 Å². The van der Waals surface area contributed by atoms with Crippen molar-refractivity contribution in [1.82, 2.24) is 24.3 Å². The zero-order chi connectivity index (χ0) is 33.1. The topological polar surface area (TPSA) is 150 Å². The van der Waals surface area contributed by atoms with Gasteiger partial charge < -0.3 is 15.4 Å². The summed E-state index contributed by atoms with van der Waals surface area (Å²) in [6, 6.07) is 8.49. The van der Waals surface area contributed by atoms with Gasteiger partial charge in [-0.15, -0.1) is 0 Å². The molecule has 3 N–H and O–H groups in total. The summed E-state index contributed by atoms with van der Waals surface area (Å²) in [6.07, 6.45) is 0.833. The first kappa shape index (κ1) is 31.8. The second kappa shape index (κ2) is 11.9. The fourth-order valence-electron chi connectivity index (χ4n) is 5.96. The first-order valence-electron chi connectivity index (χ1n) is 14.4. The number of rotatable bonds is 7. The molecular weight excluding hydrogens is 642 g/mol. The van der Waals surface area contributed by atoms with Crippen molar-refractivity contribution in [3.63, 3.8) is 0 Å². The highest BCUT2D eigenvalue weighted by molar-refractivity contribution is 7.92. The van der Waals surface area contributed by atoms with E-state index in [2.05, 4.69) is 14.7 Å². The van der Waals surface area contributed by atoms with Gasteiger partial charge in [0.1, 0.15) is 23.3 Å². The molecule has 3 aromatic heterocycles. The van der Waals surface area contributed by atoms with E-state index >= 15 is 0 Å². The third kappa shape index (κ3) is 6.15. The van der Waals surface area contributed by atoms with Crippen LogP contribution in [-0.2, 0) is 28.2 Å². The fraction of sp³-hybridized carbons (Fsp3) is 0.333. The number of aromatic nitrogens is 5. The Labute approximate surface area is 267 Å². The number of benzene rings is 2. The summed E-state index contributed by atoms with van der Waals surface area (Å²) in [5.41, 5.74) is 7.12. The molecule has 3 atom stereocenters. The van der Waals surface area contributed by atoms with Crippen molar-refractivity contribution in [2.75, 3.05) is 29.0 Å². The molecule has 46 heavy (non-hydrogen) atoms. The van der Waals surface area contributed by atoms with Crippen LogP contribution in [0.3, 0.4) is 0 Å². The highest BCUT2D eigenvalue weighted by Crippen LogP contribution is 2.35. The predicted molar refractivity (Wildman–Crippen MR) is 172 cm³/mol. The van der Waals surface area contributed by atoms with Gasteiger partial charge in [-0.3, -0.25) is 18.8 Å². The highest BCUT2D eigenvalue weighted by atomic mass is 35.5. The number of ether oxygens (including phenoxy) is 1. The lowest BCUT2D eigenvalue weighted by atomic mass is 10.0. The zero-order valence-corrected chi connectivity index (χ0v) is 26.9. The number of halogens is 3. The van der Waals surface area contributed by atoms with Gasteiger partial charge in [0.05, 0.1) is 51.5 Å². The first-order chi connectivity index (χ1) is 21.7. The molecule has 0 aliphatic carbocycles. The summed E-state index contributed by atoms with van der Waals surface area (Å²) in [6.45, 7) is 5.11. The van der Waals surface area contributed by atoms with E-state index in [9.17, 15) is 22.0 Å². The van der Waals surface area contributed by atoms with Crippen LogP contribution in [0.1, 0.15) is 31.3 Å². The minimum Gasteiger partial charge on any atom is -0.372 e. The number of sulfonamides is 1. The van der Waals surface area contributed by atoms with Crippen LogP contribution in [0.15, 0.2) is 47.3 Å². The van der Waals surface area contributed by atoms with Gasteiger partial charge in [0.15, 0.2) is 11.5 Å². The number of morpholine rings is 1. The predicted octanol–water partition coefficient (Wildman–Crippen LogP) is 3.83. The largest absolute Gasteiger partial charge is 0.372 e. The number of nitrogens with one attached hydrogen (secondary N) is 1. The molecule has 6 rings (SSSR count). The normalized spacial score (nSPS) is 18.0. The molecular formula is C30H31ClF2N8O4S. The molecule has 0 radical (unpaired) electrons. The molecule has 0 saturated carbocycles. The van der Waals surface area contributed by atoms with Gasteiger partial charge in [-0.25, -0.2) is 27.2 Å². The van der Waals surface area contributed by atoms with Crippen molar-refractivity contribution in [2.24, 2.45) is 12.8 Å². The number of nitrogens with two attached hydrogens (primary N) is 1. The number of nitrogens with zero attached hydrogens (tertiary/aromatic N) is 6. The van der Waals surface area contributed by atoms with Crippen molar-refractivity contribution in [3.05, 3.63) is 80.9 Å². The maximum absolute atomic E-state index is 14.4. The number of aryl methyl sites for hydroxylation is 1. The molecule has 1 fully saturated rings. The van der Waals surface area contributed by atoms with E-state index in [0.29, 0.717) is 24.4 Å². The summed E-state index contributed by atoms with van der Waals surface area (Å²) >= 11 is 6.54. The molecule has 12 nitrogen and oxygen atoms in total. The van der Waals surface area contributed by atoms with Crippen LogP contribution < -0.4 is 20.9 Å². The molecule has 0 amide bonds. The van der Waals surface area contributed by atoms with Gasteiger partial charge in [0.2, 0.25) is 10.0 Å². The molecule has 0 unspecified atom stereocenters. The second-order valence-corrected chi connectivity index (χ2v) is 13.7. The van der Waals surface area contributed by atoms with Crippen LogP contribution in [0, 0.1) is 11.6 Å². The van der Waals surface area contributed by atoms with Crippen LogP contribution in [0.25, 0.3) is 27.6 Å². The lowest BCUT2D eigenvalue weighted by molar-refractivity contribution is -0.00544. The Morgan fingerprint density at radius 3 is 2.41 bits per heavy atom. The minimum absolute atomic E-state index is 0.0324. The second-order valence-electron chi connectivity index (χ2n) is 11.5. The smallest absolute Gasteiger partial charge is 0.267 e. The third-order valence-electron chi connectivity index (χ3n) is 7.64. The Hall–Kier alpha value is -4.18. The third-order valence-corrected chi connectivity index (χ3v) is 8.51. The molecule has 0 bridgehead atoms. The van der Waals surface area contributed by atoms with E-state index in [1.165, 1.54) is 15.3 Å². The van der Waals surface area contributed by atoms with Crippen molar-refractivity contribution in [1.29, 1.82) is 0 Å². The Bertz CT molecular complexity index is 2140. The Morgan fingerprint density at radius 1 is 1.09 bits per heavy atom. The Kier molecular flexibility index (Phi) is 8.21. The lowest BCUT2D eigenvalue weighted by Crippen LogP contribution is -2.45. The lowest BCUT2D eigenvalue weighted by Gasteiger charge is -2.36. The van der Waals surface area contributed by atoms with Crippen molar-refractivity contribution in [3.8, 4) is 5.69 Å². The van der Waals surface area contributed by atoms with Gasteiger partial charge >= 0.3 is 0 Å². The highest BCUT2D eigenvalue weighted by Gasteiger charge is 2.27. The molecule has 2 aromatic carbocycles. The number of fused-ring (bicyclic) bond motifs is 2. The molecule has 1 aliphatic rings. The number of anilines is 2. The van der Waals surface area contributed by atoms with E-state index in [4.69, 9.17) is 32.0 Å². The molecule has 1 saturated heterocycles. The van der Waals surface area contributed by atoms with Crippen LogP contribution in [-0.4, -0.2) is 64.3 Å². The fourth-order valence-corrected chi connectivity index (χ4v) is 6.69. The minimum atomic E-state index is -3.74. The van der Waals surface area contributed by atoms with Crippen LogP contribution in [0.5, 0.6) is 0 Å². The summed E-state index contributed by atoms with van der Waals surface area (Å²) in [5.74, 6) is -0.922. The molecule has 242 valence electrons. The van der Waals surface area contributed by atoms with Crippen LogP contribution in [0.2, 0.25) is 5.02 Å². The SMILES string of the molecule is C[C@@H]1CN(c2ccc3c(=O)n(-c4ccc(Cl)c5c(NS(C)(=O)=O)nn(C)c45)c([C@@H](N)Cc4cc(F)cc(F)c4)nc3n2)C[C@H](C)O1. The Morgan fingerprint density at radius 2 is 1.76 bits per heavy atom. The maximum atomic E-state index is 14.4. The van der Waals surface area contributed by atoms with Crippen LogP contribution >= 0.6 is 11.6 Å². The summed E-state index contributed by atoms with van der Waals surface area (Å²) < 4.78 is 63.3. The number of pyridine rings is 1. The molecule has 4 heterocycles. The maximum Gasteiger partial charge on any atom is 0.267 e.